The minimum absolute atomic E-state index is 0.00638. The van der Waals surface area contributed by atoms with Gasteiger partial charge >= 0.3 is 0 Å². The molecular formula is C14H30N2O3. The van der Waals surface area contributed by atoms with Gasteiger partial charge in [-0.3, -0.25) is 4.79 Å². The molecular weight excluding hydrogens is 244 g/mol. The Hall–Kier alpha value is -0.650. The SMILES string of the molecule is CCOCCN(CCOCC)C(=O)[C@H](N)CC(C)C. The highest BCUT2D eigenvalue weighted by atomic mass is 16.5. The minimum atomic E-state index is -0.428. The van der Waals surface area contributed by atoms with Gasteiger partial charge in [0, 0.05) is 26.3 Å². The Kier molecular flexibility index (Phi) is 10.8. The molecule has 0 rings (SSSR count). The second-order valence-electron chi connectivity index (χ2n) is 4.96. The zero-order valence-electron chi connectivity index (χ0n) is 12.9. The number of carbonyl (C=O) groups excluding carboxylic acids is 1. The first-order valence-electron chi connectivity index (χ1n) is 7.22. The molecule has 0 radical (unpaired) electrons. The Morgan fingerprint density at radius 3 is 1.95 bits per heavy atom. The molecule has 0 unspecified atom stereocenters. The molecule has 114 valence electrons. The van der Waals surface area contributed by atoms with Crippen molar-refractivity contribution in [3.63, 3.8) is 0 Å². The van der Waals surface area contributed by atoms with Crippen molar-refractivity contribution >= 4 is 5.91 Å². The molecule has 0 heterocycles. The zero-order chi connectivity index (χ0) is 14.7. The Balaban J connectivity index is 4.29. The van der Waals surface area contributed by atoms with Crippen LogP contribution in [0.5, 0.6) is 0 Å². The van der Waals surface area contributed by atoms with Crippen molar-refractivity contribution in [3.8, 4) is 0 Å². The molecule has 0 aliphatic carbocycles. The molecule has 0 bridgehead atoms. The smallest absolute Gasteiger partial charge is 0.239 e. The Morgan fingerprint density at radius 1 is 1.11 bits per heavy atom. The third-order valence-electron chi connectivity index (χ3n) is 2.77. The number of nitrogens with two attached hydrogens (primary N) is 1. The van der Waals surface area contributed by atoms with Crippen LogP contribution in [0.1, 0.15) is 34.1 Å². The Bertz CT molecular complexity index is 225. The lowest BCUT2D eigenvalue weighted by Crippen LogP contribution is -2.46. The van der Waals surface area contributed by atoms with Crippen LogP contribution in [0, 0.1) is 5.92 Å². The van der Waals surface area contributed by atoms with E-state index in [1.807, 2.05) is 13.8 Å². The lowest BCUT2D eigenvalue weighted by Gasteiger charge is -2.26. The maximum absolute atomic E-state index is 12.3. The van der Waals surface area contributed by atoms with Crippen LogP contribution in [0.15, 0.2) is 0 Å². The molecule has 2 N–H and O–H groups in total. The molecule has 5 nitrogen and oxygen atoms in total. The van der Waals surface area contributed by atoms with Crippen LogP contribution in [0.25, 0.3) is 0 Å². The molecule has 1 amide bonds. The van der Waals surface area contributed by atoms with Crippen LogP contribution in [-0.4, -0.2) is 56.4 Å². The van der Waals surface area contributed by atoms with Crippen LogP contribution in [0.4, 0.5) is 0 Å². The van der Waals surface area contributed by atoms with Crippen LogP contribution in [-0.2, 0) is 14.3 Å². The first kappa shape index (κ1) is 18.4. The largest absolute Gasteiger partial charge is 0.380 e. The van der Waals surface area contributed by atoms with Crippen molar-refractivity contribution in [1.82, 2.24) is 4.90 Å². The fourth-order valence-corrected chi connectivity index (χ4v) is 1.81. The van der Waals surface area contributed by atoms with Crippen LogP contribution >= 0.6 is 0 Å². The second kappa shape index (κ2) is 11.2. The summed E-state index contributed by atoms with van der Waals surface area (Å²) in [6.07, 6.45) is 0.707. The van der Waals surface area contributed by atoms with Gasteiger partial charge in [0.2, 0.25) is 5.91 Å². The summed E-state index contributed by atoms with van der Waals surface area (Å²) in [6, 6.07) is -0.428. The van der Waals surface area contributed by atoms with Crippen molar-refractivity contribution in [1.29, 1.82) is 0 Å². The third kappa shape index (κ3) is 8.97. The summed E-state index contributed by atoms with van der Waals surface area (Å²) in [5, 5.41) is 0. The van der Waals surface area contributed by atoms with Crippen molar-refractivity contribution in [2.75, 3.05) is 39.5 Å². The molecule has 0 aliphatic rings. The van der Waals surface area contributed by atoms with E-state index < -0.39 is 6.04 Å². The maximum Gasteiger partial charge on any atom is 0.239 e. The van der Waals surface area contributed by atoms with E-state index in [4.69, 9.17) is 15.2 Å². The van der Waals surface area contributed by atoms with E-state index in [1.54, 1.807) is 4.90 Å². The summed E-state index contributed by atoms with van der Waals surface area (Å²) in [6.45, 7) is 11.6. The third-order valence-corrected chi connectivity index (χ3v) is 2.77. The fourth-order valence-electron chi connectivity index (χ4n) is 1.81. The molecule has 0 spiro atoms. The summed E-state index contributed by atoms with van der Waals surface area (Å²) in [5.74, 6) is 0.410. The molecule has 0 saturated heterocycles. The van der Waals surface area contributed by atoms with Gasteiger partial charge in [-0.1, -0.05) is 13.8 Å². The Labute approximate surface area is 117 Å². The topological polar surface area (TPSA) is 64.8 Å². The minimum Gasteiger partial charge on any atom is -0.380 e. The van der Waals surface area contributed by atoms with Gasteiger partial charge in [0.25, 0.3) is 0 Å². The van der Waals surface area contributed by atoms with Gasteiger partial charge in [-0.25, -0.2) is 0 Å². The number of hydrogen-bond acceptors (Lipinski definition) is 4. The van der Waals surface area contributed by atoms with E-state index in [2.05, 4.69) is 13.8 Å². The zero-order valence-corrected chi connectivity index (χ0v) is 12.9. The average molecular weight is 274 g/mol. The van der Waals surface area contributed by atoms with Gasteiger partial charge in [0.1, 0.15) is 0 Å². The van der Waals surface area contributed by atoms with E-state index in [-0.39, 0.29) is 5.91 Å². The van der Waals surface area contributed by atoms with E-state index >= 15 is 0 Å². The van der Waals surface area contributed by atoms with E-state index in [1.165, 1.54) is 0 Å². The van der Waals surface area contributed by atoms with Crippen molar-refractivity contribution in [2.24, 2.45) is 11.7 Å². The Morgan fingerprint density at radius 2 is 1.58 bits per heavy atom. The van der Waals surface area contributed by atoms with E-state index in [9.17, 15) is 4.79 Å². The van der Waals surface area contributed by atoms with Crippen LogP contribution < -0.4 is 5.73 Å². The lowest BCUT2D eigenvalue weighted by atomic mass is 10.0. The van der Waals surface area contributed by atoms with Crippen molar-refractivity contribution in [3.05, 3.63) is 0 Å². The quantitative estimate of drug-likeness (QED) is 0.576. The van der Waals surface area contributed by atoms with Gasteiger partial charge < -0.3 is 20.1 Å². The molecule has 0 aromatic carbocycles. The summed E-state index contributed by atoms with van der Waals surface area (Å²) in [7, 11) is 0. The number of ether oxygens (including phenoxy) is 2. The summed E-state index contributed by atoms with van der Waals surface area (Å²) >= 11 is 0. The predicted octanol–water partition coefficient (Wildman–Crippen LogP) is 1.26. The van der Waals surface area contributed by atoms with Crippen molar-refractivity contribution < 1.29 is 14.3 Å². The van der Waals surface area contributed by atoms with Crippen LogP contribution in [0.2, 0.25) is 0 Å². The number of carbonyl (C=O) groups is 1. The summed E-state index contributed by atoms with van der Waals surface area (Å²) < 4.78 is 10.6. The lowest BCUT2D eigenvalue weighted by molar-refractivity contribution is -0.134. The van der Waals surface area contributed by atoms with E-state index in [0.29, 0.717) is 51.9 Å². The van der Waals surface area contributed by atoms with Gasteiger partial charge in [-0.05, 0) is 26.2 Å². The second-order valence-corrected chi connectivity index (χ2v) is 4.96. The van der Waals surface area contributed by atoms with E-state index in [0.717, 1.165) is 0 Å². The number of hydrogen-bond donors (Lipinski definition) is 1. The molecule has 0 aliphatic heterocycles. The van der Waals surface area contributed by atoms with Gasteiger partial charge in [0.15, 0.2) is 0 Å². The predicted molar refractivity (Wildman–Crippen MR) is 77.0 cm³/mol. The molecule has 0 fully saturated rings. The fraction of sp³-hybridized carbons (Fsp3) is 0.929. The highest BCUT2D eigenvalue weighted by Crippen LogP contribution is 2.06. The molecule has 19 heavy (non-hydrogen) atoms. The van der Waals surface area contributed by atoms with Crippen molar-refractivity contribution in [2.45, 2.75) is 40.2 Å². The van der Waals surface area contributed by atoms with Gasteiger partial charge in [-0.2, -0.15) is 0 Å². The monoisotopic (exact) mass is 274 g/mol. The average Bonchev–Trinajstić information content (AvgIpc) is 2.35. The number of amides is 1. The maximum atomic E-state index is 12.3. The molecule has 0 aromatic heterocycles. The molecule has 5 heteroatoms. The molecule has 0 aromatic rings. The standard InChI is InChI=1S/C14H30N2O3/c1-5-18-9-7-16(8-10-19-6-2)14(17)13(15)11-12(3)4/h12-13H,5-11,15H2,1-4H3/t13-/m1/s1. The highest BCUT2D eigenvalue weighted by Gasteiger charge is 2.21. The number of nitrogens with zero attached hydrogens (tertiary/aromatic N) is 1. The first-order valence-corrected chi connectivity index (χ1v) is 7.22. The van der Waals surface area contributed by atoms with Gasteiger partial charge in [-0.15, -0.1) is 0 Å². The molecule has 0 saturated carbocycles. The highest BCUT2D eigenvalue weighted by molar-refractivity contribution is 5.81. The first-order chi connectivity index (χ1) is 9.02. The number of rotatable bonds is 11. The summed E-state index contributed by atoms with van der Waals surface area (Å²) in [5.41, 5.74) is 5.95. The normalized spacial score (nSPS) is 12.7. The summed E-state index contributed by atoms with van der Waals surface area (Å²) in [4.78, 5) is 14.0. The van der Waals surface area contributed by atoms with Crippen LogP contribution in [0.3, 0.4) is 0 Å². The molecule has 1 atom stereocenters. The van der Waals surface area contributed by atoms with Gasteiger partial charge in [0.05, 0.1) is 19.3 Å².